The number of aryl methyl sites for hydroxylation is 1. The van der Waals surface area contributed by atoms with E-state index in [2.05, 4.69) is 15.6 Å². The summed E-state index contributed by atoms with van der Waals surface area (Å²) in [5.74, 6) is -2.29. The van der Waals surface area contributed by atoms with Gasteiger partial charge in [0.1, 0.15) is 11.4 Å². The van der Waals surface area contributed by atoms with Gasteiger partial charge in [-0.15, -0.1) is 0 Å². The molecule has 0 spiro atoms. The molecule has 5 rings (SSSR count). The lowest BCUT2D eigenvalue weighted by molar-refractivity contribution is -0.104. The third kappa shape index (κ3) is 6.15. The average molecular weight is 603 g/mol. The predicted molar refractivity (Wildman–Crippen MR) is 157 cm³/mol. The van der Waals surface area contributed by atoms with Crippen molar-refractivity contribution in [2.45, 2.75) is 6.54 Å². The number of benzene rings is 2. The Morgan fingerprint density at radius 2 is 1.93 bits per heavy atom. The molecular formula is C30H26F2N7O5+. The molecule has 0 aliphatic carbocycles. The number of hydrogen-bond acceptors (Lipinski definition) is 7. The summed E-state index contributed by atoms with van der Waals surface area (Å²) in [6.07, 6.45) is 10.6. The molecule has 12 nitrogen and oxygen atoms in total. The third-order valence-electron chi connectivity index (χ3n) is 6.43. The number of nitrogens with one attached hydrogen (secondary N) is 2. The van der Waals surface area contributed by atoms with Crippen molar-refractivity contribution < 1.29 is 28.8 Å². The molecule has 0 saturated heterocycles. The van der Waals surface area contributed by atoms with E-state index in [1.54, 1.807) is 35.4 Å². The highest BCUT2D eigenvalue weighted by Crippen LogP contribution is 2.28. The van der Waals surface area contributed by atoms with Crippen molar-refractivity contribution >= 4 is 23.4 Å². The van der Waals surface area contributed by atoms with Gasteiger partial charge in [-0.1, -0.05) is 0 Å². The third-order valence-corrected chi connectivity index (χ3v) is 6.43. The smallest absolute Gasteiger partial charge is 0.335 e. The molecule has 0 bridgehead atoms. The molecule has 2 aromatic heterocycles. The number of nitrogens with zero attached hydrogens (tertiary/aromatic N) is 4. The topological polar surface area (TPSA) is 158 Å². The first-order valence-electron chi connectivity index (χ1n) is 13.1. The molecule has 1 aliphatic rings. The lowest BCUT2D eigenvalue weighted by Gasteiger charge is -2.19. The number of aromatic nitrogens is 4. The van der Waals surface area contributed by atoms with Gasteiger partial charge in [-0.05, 0) is 42.5 Å². The van der Waals surface area contributed by atoms with Crippen molar-refractivity contribution in [3.8, 4) is 11.4 Å². The van der Waals surface area contributed by atoms with Gasteiger partial charge in [0.25, 0.3) is 11.5 Å². The van der Waals surface area contributed by atoms with E-state index in [0.717, 1.165) is 29.0 Å². The number of hydrogen-bond donors (Lipinski definition) is 4. The van der Waals surface area contributed by atoms with E-state index in [0.29, 0.717) is 21.5 Å². The Kier molecular flexibility index (Phi) is 8.44. The van der Waals surface area contributed by atoms with Gasteiger partial charge in [0.05, 0.1) is 36.6 Å². The summed E-state index contributed by atoms with van der Waals surface area (Å²) in [6.45, 7) is -0.678. The Hall–Kier alpha value is -5.89. The van der Waals surface area contributed by atoms with Crippen LogP contribution in [0.3, 0.4) is 0 Å². The molecule has 44 heavy (non-hydrogen) atoms. The molecule has 0 saturated carbocycles. The van der Waals surface area contributed by atoms with Crippen molar-refractivity contribution in [1.82, 2.24) is 24.0 Å². The summed E-state index contributed by atoms with van der Waals surface area (Å²) in [4.78, 5) is 43.6. The van der Waals surface area contributed by atoms with Crippen LogP contribution >= 0.6 is 0 Å². The number of amides is 1. The average Bonchev–Trinajstić information content (AvgIpc) is 3.44. The molecular weight excluding hydrogens is 576 g/mol. The minimum Gasteiger partial charge on any atom is -0.452 e. The van der Waals surface area contributed by atoms with Crippen LogP contribution in [0.4, 0.5) is 14.5 Å². The molecule has 1 aliphatic heterocycles. The number of carbonyl (C=O) groups excluding carboxylic acids is 1. The van der Waals surface area contributed by atoms with E-state index in [4.69, 9.17) is 10.1 Å². The molecule has 224 valence electrons. The van der Waals surface area contributed by atoms with E-state index >= 15 is 4.39 Å². The largest absolute Gasteiger partial charge is 0.452 e. The predicted octanol–water partition coefficient (Wildman–Crippen LogP) is 0.876. The SMILES string of the molecule is Cn1cnc(C2=CN/C(=C\C=[NH2+])C(Oc3ccc(NC(=O)c4cn(CCO)c(=O)n(-c5ccc(F)cc5)c4=O)cc3F)=C2)c1. The summed E-state index contributed by atoms with van der Waals surface area (Å²) < 4.78 is 38.0. The summed E-state index contributed by atoms with van der Waals surface area (Å²) in [6, 6.07) is 8.17. The van der Waals surface area contributed by atoms with Gasteiger partial charge in [0.2, 0.25) is 0 Å². The highest BCUT2D eigenvalue weighted by molar-refractivity contribution is 6.03. The normalized spacial score (nSPS) is 13.6. The monoisotopic (exact) mass is 602 g/mol. The van der Waals surface area contributed by atoms with Crippen LogP contribution in [-0.2, 0) is 13.6 Å². The molecule has 1 amide bonds. The van der Waals surface area contributed by atoms with Gasteiger partial charge < -0.3 is 25.0 Å². The molecule has 2 aromatic carbocycles. The Labute approximate surface area is 248 Å². The lowest BCUT2D eigenvalue weighted by Crippen LogP contribution is -2.42. The van der Waals surface area contributed by atoms with E-state index in [-0.39, 0.29) is 29.4 Å². The van der Waals surface area contributed by atoms with Crippen LogP contribution < -0.4 is 32.0 Å². The zero-order valence-corrected chi connectivity index (χ0v) is 23.2. The van der Waals surface area contributed by atoms with Crippen molar-refractivity contribution in [3.63, 3.8) is 0 Å². The Balaban J connectivity index is 1.42. The zero-order chi connectivity index (χ0) is 31.4. The van der Waals surface area contributed by atoms with Crippen LogP contribution in [0.15, 0.2) is 101 Å². The number of imidazole rings is 1. The number of dihydropyridines is 1. The first-order chi connectivity index (χ1) is 21.2. The van der Waals surface area contributed by atoms with Crippen molar-refractivity contribution in [2.75, 3.05) is 11.9 Å². The number of rotatable bonds is 9. The van der Waals surface area contributed by atoms with Gasteiger partial charge >= 0.3 is 5.69 Å². The van der Waals surface area contributed by atoms with Gasteiger partial charge in [0.15, 0.2) is 23.5 Å². The van der Waals surface area contributed by atoms with Crippen LogP contribution in [-0.4, -0.2) is 42.5 Å². The molecule has 3 heterocycles. The minimum atomic E-state index is -0.988. The zero-order valence-electron chi connectivity index (χ0n) is 23.2. The highest BCUT2D eigenvalue weighted by atomic mass is 19.1. The molecule has 0 fully saturated rings. The maximum absolute atomic E-state index is 15.2. The van der Waals surface area contributed by atoms with Gasteiger partial charge in [-0.2, -0.15) is 0 Å². The van der Waals surface area contributed by atoms with E-state index in [1.165, 1.54) is 30.5 Å². The Morgan fingerprint density at radius 1 is 1.16 bits per heavy atom. The molecule has 0 atom stereocenters. The first-order valence-corrected chi connectivity index (χ1v) is 13.1. The fourth-order valence-corrected chi connectivity index (χ4v) is 4.33. The second-order valence-corrected chi connectivity index (χ2v) is 9.51. The number of carbonyl (C=O) groups is 1. The standard InChI is InChI=1S/C30H25F2N7O5/c1-37-16-25(35-17-37)18-12-27(24(8-9-33)34-14-18)44-26-7-4-20(13-23(26)32)36-28(41)22-15-38(10-11-40)30(43)39(29(22)42)21-5-2-19(31)3-6-21/h2-9,12-17,33-34,40H,10-11H2,1H3,(H,36,41)/p+1/b24-8-,33-9?. The number of anilines is 1. The van der Waals surface area contributed by atoms with Gasteiger partial charge in [-0.25, -0.2) is 23.1 Å². The summed E-state index contributed by atoms with van der Waals surface area (Å²) in [5.41, 5.74) is -0.507. The molecule has 5 N–H and O–H groups in total. The van der Waals surface area contributed by atoms with Crippen LogP contribution in [0.1, 0.15) is 16.1 Å². The molecule has 0 unspecified atom stereocenters. The maximum Gasteiger partial charge on any atom is 0.335 e. The van der Waals surface area contributed by atoms with Crippen molar-refractivity contribution in [3.05, 3.63) is 135 Å². The number of allylic oxidation sites excluding steroid dienone is 3. The molecule has 4 aromatic rings. The lowest BCUT2D eigenvalue weighted by atomic mass is 10.1. The number of aliphatic hydroxyl groups excluding tert-OH is 1. The van der Waals surface area contributed by atoms with Gasteiger partial charge in [-0.3, -0.25) is 19.6 Å². The van der Waals surface area contributed by atoms with Crippen LogP contribution in [0.25, 0.3) is 11.3 Å². The second-order valence-electron chi connectivity index (χ2n) is 9.51. The first kappa shape index (κ1) is 29.6. The Bertz CT molecular complexity index is 1970. The van der Waals surface area contributed by atoms with Crippen LogP contribution in [0, 0.1) is 11.6 Å². The Morgan fingerprint density at radius 3 is 2.59 bits per heavy atom. The summed E-state index contributed by atoms with van der Waals surface area (Å²) in [5, 5.41) is 20.4. The van der Waals surface area contributed by atoms with E-state index in [9.17, 15) is 23.9 Å². The number of nitrogens with two attached hydrogens (primary N) is 1. The van der Waals surface area contributed by atoms with Crippen LogP contribution in [0.5, 0.6) is 5.75 Å². The fourth-order valence-electron chi connectivity index (χ4n) is 4.33. The molecule has 14 heteroatoms. The number of halogens is 2. The summed E-state index contributed by atoms with van der Waals surface area (Å²) >= 11 is 0. The molecule has 0 radical (unpaired) electrons. The number of ether oxygens (including phenoxy) is 1. The minimum absolute atomic E-state index is 0.0108. The van der Waals surface area contributed by atoms with Crippen molar-refractivity contribution in [2.24, 2.45) is 7.05 Å². The van der Waals surface area contributed by atoms with Gasteiger partial charge in [0, 0.05) is 49.0 Å². The maximum atomic E-state index is 15.2. The van der Waals surface area contributed by atoms with Crippen molar-refractivity contribution in [1.29, 1.82) is 0 Å². The van der Waals surface area contributed by atoms with Crippen LogP contribution in [0.2, 0.25) is 0 Å². The number of aliphatic hydroxyl groups is 1. The fraction of sp³-hybridized carbons (Fsp3) is 0.100. The highest BCUT2D eigenvalue weighted by Gasteiger charge is 2.21. The van der Waals surface area contributed by atoms with E-state index in [1.807, 2.05) is 7.05 Å². The quantitative estimate of drug-likeness (QED) is 0.207. The second kappa shape index (κ2) is 12.5. The summed E-state index contributed by atoms with van der Waals surface area (Å²) in [7, 11) is 1.83. The van der Waals surface area contributed by atoms with E-state index < -0.39 is 41.0 Å².